The molecular weight excluding hydrogens is 468 g/mol. The van der Waals surface area contributed by atoms with E-state index in [0.717, 1.165) is 34.1 Å². The van der Waals surface area contributed by atoms with Crippen molar-refractivity contribution in [1.82, 2.24) is 9.97 Å². The zero-order valence-electron chi connectivity index (χ0n) is 21.8. The molecule has 8 nitrogen and oxygen atoms in total. The second-order valence-electron chi connectivity index (χ2n) is 9.63. The Labute approximate surface area is 216 Å². The normalized spacial score (nSPS) is 11.3. The standard InChI is InChI=1S/C29H32N4O4/c1-29(2,3)33(28(34)35)25-17-21(16-20-10-11-22(36-4)18-23(20)25)24-13-15-31-27(32-24)30-14-12-19-8-6-7-9-26(19)37-5/h6-11,13,15-18H,12,14H2,1-5H3,(H,34,35)(H,30,31,32). The summed E-state index contributed by atoms with van der Waals surface area (Å²) in [5, 5.41) is 15.1. The summed E-state index contributed by atoms with van der Waals surface area (Å²) in [6.07, 6.45) is 1.42. The first-order chi connectivity index (χ1) is 17.7. The summed E-state index contributed by atoms with van der Waals surface area (Å²) >= 11 is 0. The van der Waals surface area contributed by atoms with Gasteiger partial charge in [0.05, 0.1) is 25.6 Å². The molecule has 4 aromatic rings. The van der Waals surface area contributed by atoms with Crippen molar-refractivity contribution in [3.63, 3.8) is 0 Å². The maximum absolute atomic E-state index is 12.4. The minimum Gasteiger partial charge on any atom is -0.497 e. The van der Waals surface area contributed by atoms with Crippen LogP contribution in [0.4, 0.5) is 16.4 Å². The second kappa shape index (κ2) is 10.7. The van der Waals surface area contributed by atoms with Gasteiger partial charge in [-0.3, -0.25) is 4.90 Å². The number of hydrogen-bond acceptors (Lipinski definition) is 6. The van der Waals surface area contributed by atoms with E-state index in [9.17, 15) is 9.90 Å². The van der Waals surface area contributed by atoms with Gasteiger partial charge in [-0.25, -0.2) is 14.8 Å². The van der Waals surface area contributed by atoms with E-state index in [1.807, 2.05) is 81.4 Å². The number of nitrogens with one attached hydrogen (secondary N) is 1. The topological polar surface area (TPSA) is 96.8 Å². The van der Waals surface area contributed by atoms with Crippen LogP contribution < -0.4 is 19.7 Å². The van der Waals surface area contributed by atoms with Crippen molar-refractivity contribution in [2.75, 3.05) is 31.0 Å². The molecule has 0 saturated heterocycles. The fourth-order valence-corrected chi connectivity index (χ4v) is 4.35. The van der Waals surface area contributed by atoms with Gasteiger partial charge >= 0.3 is 6.09 Å². The van der Waals surface area contributed by atoms with E-state index in [4.69, 9.17) is 14.5 Å². The van der Waals surface area contributed by atoms with E-state index in [1.54, 1.807) is 20.4 Å². The number of benzene rings is 3. The minimum absolute atomic E-state index is 0.495. The van der Waals surface area contributed by atoms with Gasteiger partial charge in [0.15, 0.2) is 0 Å². The lowest BCUT2D eigenvalue weighted by Crippen LogP contribution is -2.45. The van der Waals surface area contributed by atoms with E-state index in [0.29, 0.717) is 29.6 Å². The van der Waals surface area contributed by atoms with Crippen LogP contribution >= 0.6 is 0 Å². The van der Waals surface area contributed by atoms with E-state index >= 15 is 0 Å². The first kappa shape index (κ1) is 25.8. The van der Waals surface area contributed by atoms with Crippen LogP contribution in [0.5, 0.6) is 11.5 Å². The predicted octanol–water partition coefficient (Wildman–Crippen LogP) is 6.25. The number of hydrogen-bond donors (Lipinski definition) is 2. The minimum atomic E-state index is -1.03. The molecular formula is C29H32N4O4. The van der Waals surface area contributed by atoms with Crippen LogP contribution in [-0.4, -0.2) is 47.5 Å². The second-order valence-corrected chi connectivity index (χ2v) is 9.63. The van der Waals surface area contributed by atoms with Crippen LogP contribution in [0, 0.1) is 0 Å². The maximum Gasteiger partial charge on any atom is 0.412 e. The fourth-order valence-electron chi connectivity index (χ4n) is 4.35. The van der Waals surface area contributed by atoms with Crippen LogP contribution in [0.15, 0.2) is 66.9 Å². The number of carboxylic acid groups (broad SMARTS) is 1. The van der Waals surface area contributed by atoms with Gasteiger partial charge in [-0.05, 0) is 74.5 Å². The molecule has 0 unspecified atom stereocenters. The quantitative estimate of drug-likeness (QED) is 0.295. The number of amides is 1. The number of carbonyl (C=O) groups is 1. The van der Waals surface area contributed by atoms with Crippen LogP contribution in [0.3, 0.4) is 0 Å². The molecule has 1 aromatic heterocycles. The Hall–Kier alpha value is -4.33. The molecule has 0 bridgehead atoms. The summed E-state index contributed by atoms with van der Waals surface area (Å²) in [4.78, 5) is 22.9. The number of nitrogens with zero attached hydrogens (tertiary/aromatic N) is 3. The Morgan fingerprint density at radius 3 is 2.51 bits per heavy atom. The largest absolute Gasteiger partial charge is 0.497 e. The van der Waals surface area contributed by atoms with Gasteiger partial charge in [-0.1, -0.05) is 24.3 Å². The van der Waals surface area contributed by atoms with Crippen LogP contribution in [0.1, 0.15) is 26.3 Å². The molecule has 0 spiro atoms. The first-order valence-electron chi connectivity index (χ1n) is 12.1. The molecule has 0 radical (unpaired) electrons. The van der Waals surface area contributed by atoms with Crippen molar-refractivity contribution in [2.45, 2.75) is 32.7 Å². The lowest BCUT2D eigenvalue weighted by Gasteiger charge is -2.34. The van der Waals surface area contributed by atoms with Crippen molar-refractivity contribution in [1.29, 1.82) is 0 Å². The highest BCUT2D eigenvalue weighted by atomic mass is 16.5. The molecule has 0 atom stereocenters. The van der Waals surface area contributed by atoms with E-state index in [1.165, 1.54) is 4.90 Å². The highest BCUT2D eigenvalue weighted by Gasteiger charge is 2.30. The zero-order chi connectivity index (χ0) is 26.6. The summed E-state index contributed by atoms with van der Waals surface area (Å²) in [5.41, 5.74) is 2.47. The number of para-hydroxylation sites is 1. The molecule has 0 aliphatic heterocycles. The van der Waals surface area contributed by atoms with Gasteiger partial charge in [-0.15, -0.1) is 0 Å². The SMILES string of the molecule is COc1ccc2cc(-c3ccnc(NCCc4ccccc4OC)n3)cc(N(C(=O)O)C(C)(C)C)c2c1. The summed E-state index contributed by atoms with van der Waals surface area (Å²) in [7, 11) is 3.26. The average molecular weight is 501 g/mol. The number of anilines is 2. The molecule has 0 saturated carbocycles. The Bertz CT molecular complexity index is 1410. The Kier molecular flexibility index (Phi) is 7.47. The van der Waals surface area contributed by atoms with Crippen molar-refractivity contribution >= 4 is 28.5 Å². The molecule has 8 heteroatoms. The van der Waals surface area contributed by atoms with E-state index in [-0.39, 0.29) is 0 Å². The van der Waals surface area contributed by atoms with Crippen molar-refractivity contribution in [2.24, 2.45) is 0 Å². The molecule has 2 N–H and O–H groups in total. The fraction of sp³-hybridized carbons (Fsp3) is 0.276. The third kappa shape index (κ3) is 5.74. The third-order valence-corrected chi connectivity index (χ3v) is 6.06. The molecule has 0 aliphatic rings. The highest BCUT2D eigenvalue weighted by molar-refractivity contribution is 6.04. The van der Waals surface area contributed by atoms with Gasteiger partial charge < -0.3 is 19.9 Å². The molecule has 192 valence electrons. The van der Waals surface area contributed by atoms with Crippen molar-refractivity contribution < 1.29 is 19.4 Å². The van der Waals surface area contributed by atoms with E-state index < -0.39 is 11.6 Å². The van der Waals surface area contributed by atoms with E-state index in [2.05, 4.69) is 10.3 Å². The van der Waals surface area contributed by atoms with Gasteiger partial charge in [0.1, 0.15) is 11.5 Å². The smallest absolute Gasteiger partial charge is 0.412 e. The van der Waals surface area contributed by atoms with Gasteiger partial charge in [0.2, 0.25) is 5.95 Å². The van der Waals surface area contributed by atoms with Crippen LogP contribution in [0.25, 0.3) is 22.0 Å². The van der Waals surface area contributed by atoms with Gasteiger partial charge in [-0.2, -0.15) is 0 Å². The monoisotopic (exact) mass is 500 g/mol. The van der Waals surface area contributed by atoms with Gasteiger partial charge in [0, 0.05) is 29.2 Å². The number of methoxy groups -OCH3 is 2. The molecule has 0 fully saturated rings. The van der Waals surface area contributed by atoms with Crippen molar-refractivity contribution in [3.8, 4) is 22.8 Å². The Morgan fingerprint density at radius 2 is 1.81 bits per heavy atom. The Morgan fingerprint density at radius 1 is 1.03 bits per heavy atom. The number of ether oxygens (including phenoxy) is 2. The predicted molar refractivity (Wildman–Crippen MR) is 147 cm³/mol. The summed E-state index contributed by atoms with van der Waals surface area (Å²) in [6, 6.07) is 19.2. The maximum atomic E-state index is 12.4. The lowest BCUT2D eigenvalue weighted by molar-refractivity contribution is 0.196. The molecule has 4 rings (SSSR count). The lowest BCUT2D eigenvalue weighted by atomic mass is 9.98. The number of fused-ring (bicyclic) bond motifs is 1. The molecule has 0 aliphatic carbocycles. The third-order valence-electron chi connectivity index (χ3n) is 6.06. The summed E-state index contributed by atoms with van der Waals surface area (Å²) < 4.78 is 10.8. The van der Waals surface area contributed by atoms with Crippen LogP contribution in [0.2, 0.25) is 0 Å². The molecule has 37 heavy (non-hydrogen) atoms. The molecule has 1 amide bonds. The van der Waals surface area contributed by atoms with Crippen LogP contribution in [-0.2, 0) is 6.42 Å². The van der Waals surface area contributed by atoms with Gasteiger partial charge in [0.25, 0.3) is 0 Å². The highest BCUT2D eigenvalue weighted by Crippen LogP contribution is 2.37. The zero-order valence-corrected chi connectivity index (χ0v) is 21.8. The average Bonchev–Trinajstić information content (AvgIpc) is 2.87. The number of rotatable bonds is 8. The molecule has 3 aromatic carbocycles. The number of aromatic nitrogens is 2. The Balaban J connectivity index is 1.70. The first-order valence-corrected chi connectivity index (χ1v) is 12.1. The summed E-state index contributed by atoms with van der Waals surface area (Å²) in [5.74, 6) is 2.00. The molecule has 1 heterocycles. The summed E-state index contributed by atoms with van der Waals surface area (Å²) in [6.45, 7) is 6.24. The van der Waals surface area contributed by atoms with Crippen molar-refractivity contribution in [3.05, 3.63) is 72.4 Å².